The minimum atomic E-state index is -0.951. The first-order chi connectivity index (χ1) is 8.54. The van der Waals surface area contributed by atoms with Crippen LogP contribution >= 0.6 is 11.6 Å². The Morgan fingerprint density at radius 2 is 2.11 bits per heavy atom. The predicted octanol–water partition coefficient (Wildman–Crippen LogP) is 1.98. The molecule has 0 saturated carbocycles. The molecular weight excluding hydrogens is 256 g/mol. The van der Waals surface area contributed by atoms with E-state index >= 15 is 0 Å². The van der Waals surface area contributed by atoms with E-state index in [1.807, 2.05) is 6.92 Å². The van der Waals surface area contributed by atoms with Crippen molar-refractivity contribution < 1.29 is 14.7 Å². The van der Waals surface area contributed by atoms with E-state index in [0.717, 1.165) is 0 Å². The molecule has 1 amide bonds. The molecule has 0 aliphatic rings. The zero-order chi connectivity index (χ0) is 13.5. The first-order valence-electron chi connectivity index (χ1n) is 5.58. The number of hydrogen-bond donors (Lipinski definition) is 3. The van der Waals surface area contributed by atoms with Crippen molar-refractivity contribution in [3.05, 3.63) is 28.8 Å². The molecule has 0 aliphatic heterocycles. The lowest BCUT2D eigenvalue weighted by Crippen LogP contribution is -2.26. The van der Waals surface area contributed by atoms with Crippen molar-refractivity contribution in [3.63, 3.8) is 0 Å². The largest absolute Gasteiger partial charge is 0.481 e. The fourth-order valence-electron chi connectivity index (χ4n) is 1.43. The number of aliphatic carboxylic acids is 1. The van der Waals surface area contributed by atoms with Gasteiger partial charge >= 0.3 is 5.97 Å². The molecule has 1 rings (SSSR count). The average molecular weight is 271 g/mol. The van der Waals surface area contributed by atoms with E-state index in [1.165, 1.54) is 0 Å². The quantitative estimate of drug-likeness (QED) is 0.739. The molecule has 0 fully saturated rings. The van der Waals surface area contributed by atoms with Crippen LogP contribution in [0.25, 0.3) is 0 Å². The van der Waals surface area contributed by atoms with Crippen LogP contribution in [0.2, 0.25) is 5.02 Å². The molecule has 0 saturated heterocycles. The molecule has 98 valence electrons. The highest BCUT2D eigenvalue weighted by Gasteiger charge is 2.11. The van der Waals surface area contributed by atoms with Gasteiger partial charge in [0.1, 0.15) is 0 Å². The van der Waals surface area contributed by atoms with Gasteiger partial charge in [-0.15, -0.1) is 0 Å². The summed E-state index contributed by atoms with van der Waals surface area (Å²) in [7, 11) is 0. The molecule has 0 heterocycles. The van der Waals surface area contributed by atoms with Gasteiger partial charge in [0.05, 0.1) is 12.0 Å². The molecule has 3 N–H and O–H groups in total. The monoisotopic (exact) mass is 270 g/mol. The van der Waals surface area contributed by atoms with Crippen molar-refractivity contribution >= 4 is 29.2 Å². The zero-order valence-electron chi connectivity index (χ0n) is 10.00. The minimum absolute atomic E-state index is 0.0895. The molecule has 0 bridgehead atoms. The maximum Gasteiger partial charge on any atom is 0.305 e. The lowest BCUT2D eigenvalue weighted by Gasteiger charge is -2.11. The number of amides is 1. The zero-order valence-corrected chi connectivity index (χ0v) is 10.8. The number of nitrogens with one attached hydrogen (secondary N) is 2. The Balaban J connectivity index is 2.76. The van der Waals surface area contributed by atoms with Crippen LogP contribution < -0.4 is 10.6 Å². The van der Waals surface area contributed by atoms with Crippen LogP contribution in [0.1, 0.15) is 23.7 Å². The van der Waals surface area contributed by atoms with Gasteiger partial charge in [-0.25, -0.2) is 0 Å². The number of anilines is 1. The summed E-state index contributed by atoms with van der Waals surface area (Å²) in [6.07, 6.45) is -0.108. The number of benzene rings is 1. The molecule has 0 spiro atoms. The van der Waals surface area contributed by atoms with Crippen LogP contribution in [0, 0.1) is 0 Å². The first-order valence-corrected chi connectivity index (χ1v) is 5.95. The Kier molecular flexibility index (Phi) is 5.45. The normalized spacial score (nSPS) is 9.89. The van der Waals surface area contributed by atoms with Gasteiger partial charge in [0, 0.05) is 23.8 Å². The number of carboxylic acids is 1. The number of carboxylic acid groups (broad SMARTS) is 1. The van der Waals surface area contributed by atoms with Gasteiger partial charge in [-0.3, -0.25) is 9.59 Å². The molecule has 0 aromatic heterocycles. The second-order valence-corrected chi connectivity index (χ2v) is 4.06. The molecule has 1 aromatic carbocycles. The van der Waals surface area contributed by atoms with Crippen molar-refractivity contribution in [3.8, 4) is 0 Å². The predicted molar refractivity (Wildman–Crippen MR) is 70.2 cm³/mol. The Morgan fingerprint density at radius 1 is 1.39 bits per heavy atom. The summed E-state index contributed by atoms with van der Waals surface area (Å²) in [5.74, 6) is -1.29. The van der Waals surface area contributed by atoms with Gasteiger partial charge < -0.3 is 15.7 Å². The van der Waals surface area contributed by atoms with Crippen LogP contribution in [0.3, 0.4) is 0 Å². The lowest BCUT2D eigenvalue weighted by molar-refractivity contribution is -0.136. The van der Waals surface area contributed by atoms with Crippen molar-refractivity contribution in [2.45, 2.75) is 13.3 Å². The van der Waals surface area contributed by atoms with Gasteiger partial charge in [-0.1, -0.05) is 11.6 Å². The third-order valence-corrected chi connectivity index (χ3v) is 2.45. The second kappa shape index (κ2) is 6.86. The van der Waals surface area contributed by atoms with E-state index in [1.54, 1.807) is 18.2 Å². The van der Waals surface area contributed by atoms with Gasteiger partial charge in [0.2, 0.25) is 0 Å². The highest BCUT2D eigenvalue weighted by atomic mass is 35.5. The summed E-state index contributed by atoms with van der Waals surface area (Å²) in [5.41, 5.74) is 1.09. The number of halogens is 1. The van der Waals surface area contributed by atoms with E-state index in [0.29, 0.717) is 22.8 Å². The molecule has 0 aliphatic carbocycles. The smallest absolute Gasteiger partial charge is 0.305 e. The highest BCUT2D eigenvalue weighted by molar-refractivity contribution is 6.31. The molecule has 1 aromatic rings. The molecule has 18 heavy (non-hydrogen) atoms. The Hall–Kier alpha value is -1.75. The number of rotatable bonds is 6. The average Bonchev–Trinajstić information content (AvgIpc) is 2.31. The van der Waals surface area contributed by atoms with Crippen LogP contribution in [0.5, 0.6) is 0 Å². The summed E-state index contributed by atoms with van der Waals surface area (Å²) >= 11 is 5.84. The fraction of sp³-hybridized carbons (Fsp3) is 0.333. The minimum Gasteiger partial charge on any atom is -0.481 e. The van der Waals surface area contributed by atoms with Crippen molar-refractivity contribution in [1.29, 1.82) is 0 Å². The van der Waals surface area contributed by atoms with E-state index in [2.05, 4.69) is 10.6 Å². The first kappa shape index (κ1) is 14.3. The number of carbonyl (C=O) groups is 2. The number of carbonyl (C=O) groups excluding carboxylic acids is 1. The maximum absolute atomic E-state index is 11.9. The van der Waals surface area contributed by atoms with Crippen LogP contribution in [-0.4, -0.2) is 30.1 Å². The van der Waals surface area contributed by atoms with Crippen LogP contribution in [-0.2, 0) is 4.79 Å². The van der Waals surface area contributed by atoms with E-state index in [4.69, 9.17) is 16.7 Å². The molecule has 6 heteroatoms. The van der Waals surface area contributed by atoms with E-state index in [-0.39, 0.29) is 18.9 Å². The number of hydrogen-bond acceptors (Lipinski definition) is 3. The van der Waals surface area contributed by atoms with E-state index in [9.17, 15) is 9.59 Å². The molecule has 0 radical (unpaired) electrons. The third kappa shape index (κ3) is 4.25. The Morgan fingerprint density at radius 3 is 2.72 bits per heavy atom. The SMILES string of the molecule is CCNc1ccc(Cl)cc1C(=O)NCCC(=O)O. The second-order valence-electron chi connectivity index (χ2n) is 3.62. The van der Waals surface area contributed by atoms with Crippen LogP contribution in [0.4, 0.5) is 5.69 Å². The van der Waals surface area contributed by atoms with Gasteiger partial charge in [-0.2, -0.15) is 0 Å². The summed E-state index contributed by atoms with van der Waals surface area (Å²) in [4.78, 5) is 22.2. The van der Waals surface area contributed by atoms with Gasteiger partial charge in [0.25, 0.3) is 5.91 Å². The summed E-state index contributed by atoms with van der Waals surface area (Å²) in [5, 5.41) is 14.5. The molecule has 0 atom stereocenters. The molecular formula is C12H15ClN2O3. The standard InChI is InChI=1S/C12H15ClN2O3/c1-2-14-10-4-3-8(13)7-9(10)12(18)15-6-5-11(16)17/h3-4,7,14H,2,5-6H2,1H3,(H,15,18)(H,16,17). The summed E-state index contributed by atoms with van der Waals surface area (Å²) in [6.45, 7) is 2.68. The van der Waals surface area contributed by atoms with Gasteiger partial charge in [-0.05, 0) is 25.1 Å². The highest BCUT2D eigenvalue weighted by Crippen LogP contribution is 2.20. The Bertz CT molecular complexity index is 449. The summed E-state index contributed by atoms with van der Waals surface area (Å²) < 4.78 is 0. The summed E-state index contributed by atoms with van der Waals surface area (Å²) in [6, 6.07) is 4.96. The van der Waals surface area contributed by atoms with Crippen molar-refractivity contribution in [2.24, 2.45) is 0 Å². The van der Waals surface area contributed by atoms with E-state index < -0.39 is 5.97 Å². The molecule has 0 unspecified atom stereocenters. The maximum atomic E-state index is 11.9. The molecule has 5 nitrogen and oxygen atoms in total. The topological polar surface area (TPSA) is 78.4 Å². The van der Waals surface area contributed by atoms with Gasteiger partial charge in [0.15, 0.2) is 0 Å². The van der Waals surface area contributed by atoms with Crippen molar-refractivity contribution in [2.75, 3.05) is 18.4 Å². The lowest BCUT2D eigenvalue weighted by atomic mass is 10.1. The van der Waals surface area contributed by atoms with Crippen LogP contribution in [0.15, 0.2) is 18.2 Å². The van der Waals surface area contributed by atoms with Crippen molar-refractivity contribution in [1.82, 2.24) is 5.32 Å². The fourth-order valence-corrected chi connectivity index (χ4v) is 1.60. The third-order valence-electron chi connectivity index (χ3n) is 2.22. The Labute approximate surface area is 110 Å².